The highest BCUT2D eigenvalue weighted by atomic mass is 32.2. The molecule has 0 spiro atoms. The Labute approximate surface area is 174 Å². The van der Waals surface area contributed by atoms with Crippen molar-refractivity contribution in [1.82, 2.24) is 0 Å². The number of benzene rings is 2. The molecule has 1 amide bonds. The zero-order valence-electron chi connectivity index (χ0n) is 15.1. The van der Waals surface area contributed by atoms with Gasteiger partial charge >= 0.3 is 11.9 Å². The normalized spacial score (nSPS) is 15.8. The average Bonchev–Trinajstić information content (AvgIpc) is 3.02. The number of hydrogen-bond donors (Lipinski definition) is 4. The molecule has 1 aliphatic heterocycles. The van der Waals surface area contributed by atoms with E-state index in [1.807, 2.05) is 0 Å². The number of carbonyl (C=O) groups excluding carboxylic acids is 1. The fourth-order valence-corrected chi connectivity index (χ4v) is 3.36. The number of rotatable bonds is 6. The van der Waals surface area contributed by atoms with Crippen molar-refractivity contribution in [2.24, 2.45) is 10.2 Å². The van der Waals surface area contributed by atoms with Crippen LogP contribution in [-0.4, -0.2) is 54.3 Å². The molecule has 0 aromatic heterocycles. The van der Waals surface area contributed by atoms with E-state index < -0.39 is 48.4 Å². The van der Waals surface area contributed by atoms with Gasteiger partial charge in [0.1, 0.15) is 0 Å². The predicted octanol–water partition coefficient (Wildman–Crippen LogP) is 0.435. The number of hydrazone groups is 2. The van der Waals surface area contributed by atoms with Crippen LogP contribution in [0.5, 0.6) is 0 Å². The van der Waals surface area contributed by atoms with Crippen molar-refractivity contribution < 1.29 is 40.6 Å². The summed E-state index contributed by atoms with van der Waals surface area (Å²) in [5, 5.41) is 17.4. The monoisotopic (exact) mass is 468 g/mol. The maximum absolute atomic E-state index is 12.6. The first-order valence-electron chi connectivity index (χ1n) is 8.03. The molecule has 0 aliphatic carbocycles. The lowest BCUT2D eigenvalue weighted by molar-refractivity contribution is -0.129. The van der Waals surface area contributed by atoms with Crippen LogP contribution in [0.1, 0.15) is 0 Å². The molecule has 0 atom stereocenters. The van der Waals surface area contributed by atoms with Crippen molar-refractivity contribution >= 4 is 54.9 Å². The Bertz CT molecular complexity index is 1330. The Morgan fingerprint density at radius 3 is 1.84 bits per heavy atom. The summed E-state index contributed by atoms with van der Waals surface area (Å²) >= 11 is 0. The molecule has 4 N–H and O–H groups in total. The van der Waals surface area contributed by atoms with E-state index in [0.717, 1.165) is 36.4 Å². The highest BCUT2D eigenvalue weighted by Crippen LogP contribution is 2.22. The summed E-state index contributed by atoms with van der Waals surface area (Å²) in [5.41, 5.74) is 1.29. The number of carboxylic acids is 1. The van der Waals surface area contributed by atoms with Gasteiger partial charge in [0.15, 0.2) is 5.71 Å². The minimum Gasteiger partial charge on any atom is -0.476 e. The highest BCUT2D eigenvalue weighted by Gasteiger charge is 2.37. The van der Waals surface area contributed by atoms with Crippen LogP contribution in [0.3, 0.4) is 0 Å². The quantitative estimate of drug-likeness (QED) is 0.340. The van der Waals surface area contributed by atoms with E-state index in [4.69, 9.17) is 9.11 Å². The van der Waals surface area contributed by atoms with Crippen LogP contribution in [0.15, 0.2) is 68.5 Å². The van der Waals surface area contributed by atoms with Crippen molar-refractivity contribution in [3.63, 3.8) is 0 Å². The van der Waals surface area contributed by atoms with E-state index in [0.29, 0.717) is 5.01 Å². The van der Waals surface area contributed by atoms with Gasteiger partial charge in [0.05, 0.1) is 21.2 Å². The van der Waals surface area contributed by atoms with Crippen LogP contribution in [-0.2, 0) is 29.8 Å². The summed E-state index contributed by atoms with van der Waals surface area (Å²) in [7, 11) is -8.87. The summed E-state index contributed by atoms with van der Waals surface area (Å²) in [5.74, 6) is -2.51. The van der Waals surface area contributed by atoms with Crippen LogP contribution in [0.4, 0.5) is 11.4 Å². The summed E-state index contributed by atoms with van der Waals surface area (Å²) in [6, 6.07) is 8.82. The molecular weight excluding hydrogens is 456 g/mol. The van der Waals surface area contributed by atoms with E-state index in [-0.39, 0.29) is 16.3 Å². The molecule has 13 nitrogen and oxygen atoms in total. The van der Waals surface area contributed by atoms with Gasteiger partial charge in [-0.15, -0.1) is 0 Å². The number of carbonyl (C=O) groups is 2. The van der Waals surface area contributed by atoms with Gasteiger partial charge in [0, 0.05) is 0 Å². The maximum Gasteiger partial charge on any atom is 0.358 e. The highest BCUT2D eigenvalue weighted by molar-refractivity contribution is 7.86. The Hall–Kier alpha value is -3.66. The van der Waals surface area contributed by atoms with Crippen molar-refractivity contribution in [2.75, 3.05) is 10.4 Å². The van der Waals surface area contributed by atoms with Crippen molar-refractivity contribution in [1.29, 1.82) is 0 Å². The van der Waals surface area contributed by atoms with E-state index in [1.54, 1.807) is 0 Å². The molecule has 0 saturated carbocycles. The summed E-state index contributed by atoms with van der Waals surface area (Å²) in [6.45, 7) is 0. The molecule has 0 unspecified atom stereocenters. The molecule has 0 bridgehead atoms. The fraction of sp³-hybridized carbons (Fsp3) is 0. The number of nitrogens with zero attached hydrogens (tertiary/aromatic N) is 3. The molecule has 1 heterocycles. The summed E-state index contributed by atoms with van der Waals surface area (Å²) in [6.07, 6.45) is 0. The molecule has 0 radical (unpaired) electrons. The number of hydrogen-bond acceptors (Lipinski definition) is 9. The van der Waals surface area contributed by atoms with Gasteiger partial charge < -0.3 is 5.11 Å². The lowest BCUT2D eigenvalue weighted by atomic mass is 10.2. The van der Waals surface area contributed by atoms with Crippen molar-refractivity contribution in [3.8, 4) is 0 Å². The second kappa shape index (κ2) is 7.88. The number of aliphatic carboxylic acids is 1. The average molecular weight is 468 g/mol. The Balaban J connectivity index is 1.88. The largest absolute Gasteiger partial charge is 0.476 e. The van der Waals surface area contributed by atoms with Gasteiger partial charge in [0.2, 0.25) is 5.71 Å². The van der Waals surface area contributed by atoms with E-state index in [9.17, 15) is 31.5 Å². The third kappa shape index (κ3) is 4.75. The molecule has 31 heavy (non-hydrogen) atoms. The zero-order chi connectivity index (χ0) is 23.0. The van der Waals surface area contributed by atoms with E-state index in [2.05, 4.69) is 15.6 Å². The predicted molar refractivity (Wildman–Crippen MR) is 106 cm³/mol. The number of nitrogens with one attached hydrogen (secondary N) is 1. The minimum absolute atomic E-state index is 0.0128. The first-order valence-corrected chi connectivity index (χ1v) is 10.9. The smallest absolute Gasteiger partial charge is 0.358 e. The molecule has 0 fully saturated rings. The molecule has 162 valence electrons. The van der Waals surface area contributed by atoms with Crippen molar-refractivity contribution in [3.05, 3.63) is 48.5 Å². The van der Waals surface area contributed by atoms with Crippen LogP contribution in [0.2, 0.25) is 0 Å². The molecule has 3 rings (SSSR count). The van der Waals surface area contributed by atoms with Gasteiger partial charge in [0.25, 0.3) is 20.2 Å². The first kappa shape index (κ1) is 22.0. The fourth-order valence-electron chi connectivity index (χ4n) is 2.40. The number of amides is 1. The van der Waals surface area contributed by atoms with Gasteiger partial charge in [-0.2, -0.15) is 32.0 Å². The second-order valence-electron chi connectivity index (χ2n) is 5.91. The van der Waals surface area contributed by atoms with Gasteiger partial charge in [-0.05, 0) is 48.5 Å². The van der Waals surface area contributed by atoms with Crippen LogP contribution >= 0.6 is 0 Å². The van der Waals surface area contributed by atoms with Gasteiger partial charge in [-0.25, -0.2) is 4.79 Å². The number of carboxylic acid groups (broad SMARTS) is 1. The lowest BCUT2D eigenvalue weighted by Crippen LogP contribution is -2.30. The molecule has 1 aliphatic rings. The SMILES string of the molecule is O=C(O)C1=NN(c2ccc(S(=O)(=O)O)cc2)C(=O)/C1=N\Nc1ccc(S(=O)(=O)O)cc1. The summed E-state index contributed by atoms with van der Waals surface area (Å²) in [4.78, 5) is 23.3. The third-order valence-electron chi connectivity index (χ3n) is 3.85. The molecule has 0 saturated heterocycles. The van der Waals surface area contributed by atoms with Crippen molar-refractivity contribution in [2.45, 2.75) is 9.79 Å². The molecule has 15 heteroatoms. The Morgan fingerprint density at radius 2 is 1.39 bits per heavy atom. The van der Waals surface area contributed by atoms with E-state index in [1.165, 1.54) is 12.1 Å². The van der Waals surface area contributed by atoms with Gasteiger partial charge in [-0.3, -0.25) is 19.3 Å². The van der Waals surface area contributed by atoms with Gasteiger partial charge in [-0.1, -0.05) is 0 Å². The third-order valence-corrected chi connectivity index (χ3v) is 5.59. The minimum atomic E-state index is -4.46. The van der Waals surface area contributed by atoms with Crippen LogP contribution < -0.4 is 10.4 Å². The molecule has 2 aromatic rings. The van der Waals surface area contributed by atoms with E-state index >= 15 is 0 Å². The standard InChI is InChI=1S/C16H12N4O9S2/c21-15-13(18-17-9-1-5-11(6-2-9)30(24,25)26)14(16(22)23)19-20(15)10-3-7-12(8-4-10)31(27,28)29/h1-8,17H,(H,22,23)(H,24,25,26)(H,27,28,29)/b18-13-. The van der Waals surface area contributed by atoms with Crippen LogP contribution in [0, 0.1) is 0 Å². The molecule has 2 aromatic carbocycles. The first-order chi connectivity index (χ1) is 14.4. The number of anilines is 2. The Morgan fingerprint density at radius 1 is 0.903 bits per heavy atom. The summed E-state index contributed by atoms with van der Waals surface area (Å²) < 4.78 is 62.3. The molecular formula is C16H12N4O9S2. The topological polar surface area (TPSA) is 203 Å². The van der Waals surface area contributed by atoms with Crippen LogP contribution in [0.25, 0.3) is 0 Å². The maximum atomic E-state index is 12.6. The second-order valence-corrected chi connectivity index (χ2v) is 8.75. The zero-order valence-corrected chi connectivity index (χ0v) is 16.7. The lowest BCUT2D eigenvalue weighted by Gasteiger charge is -2.11. The Kier molecular flexibility index (Phi) is 5.60.